The molecule has 7 heteroatoms. The van der Waals surface area contributed by atoms with Crippen LogP contribution in [0.3, 0.4) is 0 Å². The van der Waals surface area contributed by atoms with Crippen molar-refractivity contribution in [1.29, 1.82) is 5.26 Å². The Hall–Kier alpha value is -3.14. The zero-order valence-electron chi connectivity index (χ0n) is 14.3. The van der Waals surface area contributed by atoms with E-state index >= 15 is 0 Å². The molecule has 1 N–H and O–H groups in total. The van der Waals surface area contributed by atoms with Crippen LogP contribution in [0.15, 0.2) is 36.9 Å². The summed E-state index contributed by atoms with van der Waals surface area (Å²) >= 11 is 0. The number of nitriles is 1. The van der Waals surface area contributed by atoms with Gasteiger partial charge in [-0.05, 0) is 31.5 Å². The van der Waals surface area contributed by atoms with E-state index in [-0.39, 0.29) is 5.54 Å². The van der Waals surface area contributed by atoms with Gasteiger partial charge in [0.15, 0.2) is 0 Å². The Morgan fingerprint density at radius 3 is 2.92 bits per heavy atom. The summed E-state index contributed by atoms with van der Waals surface area (Å²) in [5, 5.41) is 9.98. The van der Waals surface area contributed by atoms with Gasteiger partial charge in [0, 0.05) is 32.5 Å². The summed E-state index contributed by atoms with van der Waals surface area (Å²) in [7, 11) is 2.06. The van der Waals surface area contributed by atoms with E-state index in [0.717, 1.165) is 42.2 Å². The van der Waals surface area contributed by atoms with Gasteiger partial charge in [0.2, 0.25) is 0 Å². The number of likely N-dealkylation sites (N-methyl/N-ethyl adjacent to an activating group) is 1. The Balaban J connectivity index is 1.59. The summed E-state index contributed by atoms with van der Waals surface area (Å²) in [6, 6.07) is 7.84. The first kappa shape index (κ1) is 15.4. The minimum atomic E-state index is -0.0608. The molecule has 0 saturated carbocycles. The smallest absolute Gasteiger partial charge is 0.142 e. The van der Waals surface area contributed by atoms with E-state index in [4.69, 9.17) is 5.26 Å². The number of pyridine rings is 1. The minimum absolute atomic E-state index is 0.0608. The molecule has 0 bridgehead atoms. The molecule has 4 heterocycles. The third-order valence-corrected chi connectivity index (χ3v) is 5.11. The van der Waals surface area contributed by atoms with E-state index in [1.807, 2.05) is 24.4 Å². The molecule has 25 heavy (non-hydrogen) atoms. The van der Waals surface area contributed by atoms with Crippen LogP contribution in [-0.2, 0) is 0 Å². The fraction of sp³-hybridized carbons (Fsp3) is 0.333. The predicted molar refractivity (Wildman–Crippen MR) is 96.5 cm³/mol. The molecule has 1 saturated heterocycles. The molecule has 3 aromatic heterocycles. The molecule has 4 rings (SSSR count). The number of nitrogens with one attached hydrogen (secondary N) is 1. The van der Waals surface area contributed by atoms with Crippen LogP contribution < -0.4 is 9.80 Å². The average molecular weight is 333 g/mol. The van der Waals surface area contributed by atoms with E-state index in [9.17, 15) is 0 Å². The predicted octanol–water partition coefficient (Wildman–Crippen LogP) is 2.33. The van der Waals surface area contributed by atoms with Gasteiger partial charge < -0.3 is 14.8 Å². The fourth-order valence-corrected chi connectivity index (χ4v) is 3.44. The molecule has 1 aliphatic heterocycles. The molecule has 1 fully saturated rings. The van der Waals surface area contributed by atoms with Crippen molar-refractivity contribution in [2.24, 2.45) is 0 Å². The lowest BCUT2D eigenvalue weighted by molar-refractivity contribution is 0.487. The van der Waals surface area contributed by atoms with Crippen LogP contribution in [0, 0.1) is 11.3 Å². The maximum Gasteiger partial charge on any atom is 0.142 e. The second-order valence-corrected chi connectivity index (χ2v) is 6.68. The second kappa shape index (κ2) is 5.74. The molecule has 0 amide bonds. The lowest BCUT2D eigenvalue weighted by Gasteiger charge is -2.36. The summed E-state index contributed by atoms with van der Waals surface area (Å²) in [6.45, 7) is 4.01. The van der Waals surface area contributed by atoms with Gasteiger partial charge in [-0.1, -0.05) is 0 Å². The second-order valence-electron chi connectivity index (χ2n) is 6.68. The van der Waals surface area contributed by atoms with Gasteiger partial charge in [-0.3, -0.25) is 0 Å². The van der Waals surface area contributed by atoms with Crippen LogP contribution in [0.5, 0.6) is 0 Å². The van der Waals surface area contributed by atoms with E-state index in [1.165, 1.54) is 0 Å². The Kier molecular flexibility index (Phi) is 3.53. The molecule has 1 atom stereocenters. The van der Waals surface area contributed by atoms with Gasteiger partial charge in [0.1, 0.15) is 29.7 Å². The third kappa shape index (κ3) is 2.56. The Labute approximate surface area is 145 Å². The topological polar surface area (TPSA) is 84.7 Å². The normalized spacial score (nSPS) is 20.0. The number of nitrogens with zero attached hydrogens (tertiary/aromatic N) is 6. The zero-order chi connectivity index (χ0) is 17.4. The number of hydrogen-bond acceptors (Lipinski definition) is 6. The molecule has 0 spiro atoms. The largest absolute Gasteiger partial charge is 0.354 e. The third-order valence-electron chi connectivity index (χ3n) is 5.11. The van der Waals surface area contributed by atoms with Crippen LogP contribution in [0.4, 0.5) is 11.6 Å². The number of fused-ring (bicyclic) bond motifs is 1. The Morgan fingerprint density at radius 2 is 2.16 bits per heavy atom. The van der Waals surface area contributed by atoms with E-state index < -0.39 is 0 Å². The molecule has 1 aliphatic rings. The summed E-state index contributed by atoms with van der Waals surface area (Å²) in [4.78, 5) is 20.8. The van der Waals surface area contributed by atoms with Crippen LogP contribution in [-0.4, -0.2) is 45.6 Å². The first-order valence-electron chi connectivity index (χ1n) is 8.24. The molecule has 7 nitrogen and oxygen atoms in total. The number of H-pyrrole nitrogens is 1. The highest BCUT2D eigenvalue weighted by Gasteiger charge is 2.39. The Morgan fingerprint density at radius 1 is 1.28 bits per heavy atom. The Bertz CT molecular complexity index is 940. The molecule has 0 aromatic carbocycles. The van der Waals surface area contributed by atoms with Crippen LogP contribution in [0.1, 0.15) is 18.9 Å². The lowest BCUT2D eigenvalue weighted by Crippen LogP contribution is -2.46. The highest BCUT2D eigenvalue weighted by molar-refractivity contribution is 5.87. The summed E-state index contributed by atoms with van der Waals surface area (Å²) in [6.07, 6.45) is 6.12. The molecule has 0 radical (unpaired) electrons. The number of aromatic nitrogens is 4. The zero-order valence-corrected chi connectivity index (χ0v) is 14.3. The van der Waals surface area contributed by atoms with Gasteiger partial charge in [0.25, 0.3) is 0 Å². The van der Waals surface area contributed by atoms with E-state index in [0.29, 0.717) is 5.56 Å². The van der Waals surface area contributed by atoms with Gasteiger partial charge in [0.05, 0.1) is 16.5 Å². The maximum absolute atomic E-state index is 8.93. The molecule has 0 aliphatic carbocycles. The standard InChI is InChI=1S/C18H19N7/c1-18(24(2)15-4-3-13(9-19)10-21-15)6-8-25(11-18)17-14-5-7-20-16(14)22-12-23-17/h3-5,7,10,12H,6,8,11H2,1-2H3,(H,20,22,23). The average Bonchev–Trinajstić information content (AvgIpc) is 3.28. The number of hydrogen-bond donors (Lipinski definition) is 1. The van der Waals surface area contributed by atoms with Crippen molar-refractivity contribution in [2.45, 2.75) is 18.9 Å². The van der Waals surface area contributed by atoms with E-state index in [1.54, 1.807) is 12.5 Å². The lowest BCUT2D eigenvalue weighted by atomic mass is 9.99. The van der Waals surface area contributed by atoms with Crippen LogP contribution >= 0.6 is 0 Å². The quantitative estimate of drug-likeness (QED) is 0.792. The first-order chi connectivity index (χ1) is 12.1. The fourth-order valence-electron chi connectivity index (χ4n) is 3.44. The number of rotatable bonds is 3. The minimum Gasteiger partial charge on any atom is -0.354 e. The van der Waals surface area contributed by atoms with Crippen LogP contribution in [0.25, 0.3) is 11.0 Å². The van der Waals surface area contributed by atoms with Gasteiger partial charge in [-0.2, -0.15) is 5.26 Å². The highest BCUT2D eigenvalue weighted by Crippen LogP contribution is 2.34. The summed E-state index contributed by atoms with van der Waals surface area (Å²) in [5.74, 6) is 1.84. The monoisotopic (exact) mass is 333 g/mol. The van der Waals surface area contributed by atoms with Gasteiger partial charge >= 0.3 is 0 Å². The summed E-state index contributed by atoms with van der Waals surface area (Å²) in [5.41, 5.74) is 1.38. The SMILES string of the molecule is CN(c1ccc(C#N)cn1)C1(C)CCN(c2ncnc3[nH]ccc23)C1. The molecule has 1 unspecified atom stereocenters. The number of aromatic amines is 1. The summed E-state index contributed by atoms with van der Waals surface area (Å²) < 4.78 is 0. The first-order valence-corrected chi connectivity index (χ1v) is 8.24. The van der Waals surface area contributed by atoms with Crippen LogP contribution in [0.2, 0.25) is 0 Å². The van der Waals surface area contributed by atoms with Crippen molar-refractivity contribution in [3.8, 4) is 6.07 Å². The van der Waals surface area contributed by atoms with Crippen molar-refractivity contribution in [2.75, 3.05) is 29.9 Å². The van der Waals surface area contributed by atoms with Crippen molar-refractivity contribution in [3.63, 3.8) is 0 Å². The van der Waals surface area contributed by atoms with Crippen molar-refractivity contribution >= 4 is 22.7 Å². The van der Waals surface area contributed by atoms with Crippen molar-refractivity contribution in [3.05, 3.63) is 42.5 Å². The molecular formula is C18H19N7. The van der Waals surface area contributed by atoms with Crippen molar-refractivity contribution in [1.82, 2.24) is 19.9 Å². The van der Waals surface area contributed by atoms with Gasteiger partial charge in [-0.25, -0.2) is 15.0 Å². The highest BCUT2D eigenvalue weighted by atomic mass is 15.3. The number of anilines is 2. The molecule has 126 valence electrons. The van der Waals surface area contributed by atoms with Crippen molar-refractivity contribution < 1.29 is 0 Å². The molecule has 3 aromatic rings. The molecular weight excluding hydrogens is 314 g/mol. The van der Waals surface area contributed by atoms with Gasteiger partial charge in [-0.15, -0.1) is 0 Å². The van der Waals surface area contributed by atoms with E-state index in [2.05, 4.69) is 49.8 Å². The maximum atomic E-state index is 8.93.